The van der Waals surface area contributed by atoms with Crippen LogP contribution in [0.25, 0.3) is 0 Å². The predicted octanol–water partition coefficient (Wildman–Crippen LogP) is 0.538. The van der Waals surface area contributed by atoms with Crippen molar-refractivity contribution >= 4 is 25.4 Å². The maximum absolute atomic E-state index is 12.3. The summed E-state index contributed by atoms with van der Waals surface area (Å²) < 4.78 is 47.4. The summed E-state index contributed by atoms with van der Waals surface area (Å²) in [6.45, 7) is 1.66. The minimum absolute atomic E-state index is 0.0507. The molecule has 1 heterocycles. The molecule has 1 aliphatic heterocycles. The quantitative estimate of drug-likeness (QED) is 0.802. The first-order valence-corrected chi connectivity index (χ1v) is 8.89. The number of sulfone groups is 2. The molecule has 7 heteroatoms. The van der Waals surface area contributed by atoms with Gasteiger partial charge in [0.1, 0.15) is 0 Å². The molecule has 1 aromatic rings. The first-order chi connectivity index (χ1) is 8.22. The first kappa shape index (κ1) is 13.4. The van der Waals surface area contributed by atoms with Crippen LogP contribution in [0, 0.1) is 6.92 Å². The number of nitrogens with two attached hydrogens (primary N) is 1. The minimum atomic E-state index is -3.59. The van der Waals surface area contributed by atoms with Crippen LogP contribution in [0.15, 0.2) is 23.1 Å². The van der Waals surface area contributed by atoms with Crippen molar-refractivity contribution in [3.05, 3.63) is 23.8 Å². The van der Waals surface area contributed by atoms with E-state index in [1.54, 1.807) is 13.0 Å². The van der Waals surface area contributed by atoms with Crippen molar-refractivity contribution in [3.63, 3.8) is 0 Å². The molecule has 1 fully saturated rings. The van der Waals surface area contributed by atoms with Gasteiger partial charge in [0.05, 0.1) is 21.7 Å². The van der Waals surface area contributed by atoms with Crippen molar-refractivity contribution in [1.29, 1.82) is 0 Å². The second-order valence-corrected chi connectivity index (χ2v) is 9.02. The first-order valence-electron chi connectivity index (χ1n) is 5.53. The van der Waals surface area contributed by atoms with Crippen LogP contribution in [-0.4, -0.2) is 33.6 Å². The molecule has 0 aliphatic carbocycles. The zero-order chi connectivity index (χ0) is 13.6. The summed E-state index contributed by atoms with van der Waals surface area (Å²) in [7, 11) is -6.80. The highest BCUT2D eigenvalue weighted by Crippen LogP contribution is 2.28. The molecule has 18 heavy (non-hydrogen) atoms. The standard InChI is InChI=1S/C11H15NO4S2/c1-8-6-9(12)2-3-11(8)18(15,16)10-4-5-17(13,14)7-10/h2-3,6,10H,4-5,7,12H2,1H3. The Kier molecular flexibility index (Phi) is 3.14. The largest absolute Gasteiger partial charge is 0.399 e. The highest BCUT2D eigenvalue weighted by atomic mass is 32.2. The normalized spacial score (nSPS) is 23.1. The maximum atomic E-state index is 12.3. The third-order valence-corrected chi connectivity index (χ3v) is 7.47. The molecule has 1 unspecified atom stereocenters. The molecule has 0 bridgehead atoms. The third kappa shape index (κ3) is 2.37. The smallest absolute Gasteiger partial charge is 0.182 e. The number of hydrogen-bond acceptors (Lipinski definition) is 5. The van der Waals surface area contributed by atoms with Crippen LogP contribution in [-0.2, 0) is 19.7 Å². The van der Waals surface area contributed by atoms with E-state index in [1.807, 2.05) is 0 Å². The van der Waals surface area contributed by atoms with E-state index in [0.29, 0.717) is 11.3 Å². The fourth-order valence-electron chi connectivity index (χ4n) is 2.18. The van der Waals surface area contributed by atoms with E-state index in [2.05, 4.69) is 0 Å². The van der Waals surface area contributed by atoms with Gasteiger partial charge in [-0.3, -0.25) is 0 Å². The highest BCUT2D eigenvalue weighted by molar-refractivity contribution is 7.96. The lowest BCUT2D eigenvalue weighted by Gasteiger charge is -2.12. The summed E-state index contributed by atoms with van der Waals surface area (Å²) in [6, 6.07) is 4.55. The average molecular weight is 289 g/mol. The number of aryl methyl sites for hydroxylation is 1. The summed E-state index contributed by atoms with van der Waals surface area (Å²) in [6.07, 6.45) is 0.175. The van der Waals surface area contributed by atoms with Gasteiger partial charge in [-0.2, -0.15) is 0 Å². The SMILES string of the molecule is Cc1cc(N)ccc1S(=O)(=O)C1CCS(=O)(=O)C1. The highest BCUT2D eigenvalue weighted by Gasteiger charge is 2.38. The van der Waals surface area contributed by atoms with E-state index in [1.165, 1.54) is 12.1 Å². The van der Waals surface area contributed by atoms with Gasteiger partial charge in [-0.15, -0.1) is 0 Å². The van der Waals surface area contributed by atoms with E-state index in [9.17, 15) is 16.8 Å². The lowest BCUT2D eigenvalue weighted by Crippen LogP contribution is -2.23. The molecule has 5 nitrogen and oxygen atoms in total. The van der Waals surface area contributed by atoms with Gasteiger partial charge in [-0.25, -0.2) is 16.8 Å². The van der Waals surface area contributed by atoms with Gasteiger partial charge >= 0.3 is 0 Å². The van der Waals surface area contributed by atoms with Gasteiger partial charge < -0.3 is 5.73 Å². The van der Waals surface area contributed by atoms with Crippen LogP contribution in [0.3, 0.4) is 0 Å². The van der Waals surface area contributed by atoms with E-state index in [0.717, 1.165) is 0 Å². The van der Waals surface area contributed by atoms with Gasteiger partial charge in [0.2, 0.25) is 0 Å². The predicted molar refractivity (Wildman–Crippen MR) is 69.8 cm³/mol. The molecule has 2 N–H and O–H groups in total. The van der Waals surface area contributed by atoms with E-state index < -0.39 is 24.9 Å². The number of anilines is 1. The van der Waals surface area contributed by atoms with Gasteiger partial charge in [-0.05, 0) is 37.1 Å². The van der Waals surface area contributed by atoms with Crippen LogP contribution in [0.4, 0.5) is 5.69 Å². The van der Waals surface area contributed by atoms with Crippen LogP contribution >= 0.6 is 0 Å². The molecular weight excluding hydrogens is 274 g/mol. The zero-order valence-corrected chi connectivity index (χ0v) is 11.6. The summed E-state index contributed by atoms with van der Waals surface area (Å²) in [5, 5.41) is -0.829. The zero-order valence-electron chi connectivity index (χ0n) is 9.96. The van der Waals surface area contributed by atoms with Crippen LogP contribution in [0.5, 0.6) is 0 Å². The van der Waals surface area contributed by atoms with Crippen LogP contribution in [0.1, 0.15) is 12.0 Å². The minimum Gasteiger partial charge on any atom is -0.399 e. The van der Waals surface area contributed by atoms with E-state index >= 15 is 0 Å². The van der Waals surface area contributed by atoms with Crippen molar-refractivity contribution in [1.82, 2.24) is 0 Å². The number of rotatable bonds is 2. The van der Waals surface area contributed by atoms with E-state index in [-0.39, 0.29) is 22.8 Å². The molecule has 1 atom stereocenters. The van der Waals surface area contributed by atoms with Crippen LogP contribution in [0.2, 0.25) is 0 Å². The number of benzene rings is 1. The molecule has 1 saturated heterocycles. The molecule has 0 spiro atoms. The van der Waals surface area contributed by atoms with Gasteiger partial charge in [-0.1, -0.05) is 0 Å². The Labute approximate surface area is 107 Å². The summed E-state index contributed by atoms with van der Waals surface area (Å²) in [5.74, 6) is -0.329. The Morgan fingerprint density at radius 1 is 1.33 bits per heavy atom. The molecule has 1 aliphatic rings. The van der Waals surface area contributed by atoms with Gasteiger partial charge in [0.15, 0.2) is 19.7 Å². The molecule has 0 saturated carbocycles. The lowest BCUT2D eigenvalue weighted by molar-refractivity contribution is 0.581. The van der Waals surface area contributed by atoms with Gasteiger partial charge in [0, 0.05) is 5.69 Å². The molecule has 1 aromatic carbocycles. The van der Waals surface area contributed by atoms with Crippen molar-refractivity contribution < 1.29 is 16.8 Å². The van der Waals surface area contributed by atoms with Gasteiger partial charge in [0.25, 0.3) is 0 Å². The Morgan fingerprint density at radius 2 is 2.00 bits per heavy atom. The Morgan fingerprint density at radius 3 is 2.50 bits per heavy atom. The van der Waals surface area contributed by atoms with Crippen molar-refractivity contribution in [2.75, 3.05) is 17.2 Å². The second kappa shape index (κ2) is 4.24. The Bertz CT molecular complexity index is 677. The average Bonchev–Trinajstić information content (AvgIpc) is 2.58. The molecule has 0 aromatic heterocycles. The van der Waals surface area contributed by atoms with Crippen molar-refractivity contribution in [2.24, 2.45) is 0 Å². The van der Waals surface area contributed by atoms with Crippen molar-refractivity contribution in [3.8, 4) is 0 Å². The number of hydrogen-bond donors (Lipinski definition) is 1. The van der Waals surface area contributed by atoms with E-state index in [4.69, 9.17) is 5.73 Å². The van der Waals surface area contributed by atoms with Crippen LogP contribution < -0.4 is 5.73 Å². The third-order valence-electron chi connectivity index (χ3n) is 3.14. The molecular formula is C11H15NO4S2. The fraction of sp³-hybridized carbons (Fsp3) is 0.455. The topological polar surface area (TPSA) is 94.3 Å². The summed E-state index contributed by atoms with van der Waals surface area (Å²) in [4.78, 5) is 0.179. The molecule has 100 valence electrons. The lowest BCUT2D eigenvalue weighted by atomic mass is 10.2. The molecule has 2 rings (SSSR count). The number of nitrogen functional groups attached to an aromatic ring is 1. The second-order valence-electron chi connectivity index (χ2n) is 4.59. The molecule has 0 amide bonds. The van der Waals surface area contributed by atoms with Crippen molar-refractivity contribution in [2.45, 2.75) is 23.5 Å². The summed E-state index contributed by atoms with van der Waals surface area (Å²) in [5.41, 5.74) is 6.62. The fourth-order valence-corrected chi connectivity index (χ4v) is 6.76. The Balaban J connectivity index is 2.44. The monoisotopic (exact) mass is 289 g/mol. The molecule has 0 radical (unpaired) electrons. The maximum Gasteiger partial charge on any atom is 0.182 e. The Hall–Kier alpha value is -1.08. The summed E-state index contributed by atoms with van der Waals surface area (Å²) >= 11 is 0.